The van der Waals surface area contributed by atoms with E-state index in [9.17, 15) is 0 Å². The van der Waals surface area contributed by atoms with Crippen LogP contribution in [0.5, 0.6) is 0 Å². The van der Waals surface area contributed by atoms with Crippen molar-refractivity contribution in [1.82, 2.24) is 0 Å². The highest BCUT2D eigenvalue weighted by atomic mass is 35.5. The van der Waals surface area contributed by atoms with Gasteiger partial charge in [0.25, 0.3) is 0 Å². The van der Waals surface area contributed by atoms with Gasteiger partial charge < -0.3 is 5.73 Å². The summed E-state index contributed by atoms with van der Waals surface area (Å²) >= 11 is 7.89. The normalized spacial score (nSPS) is 28.0. The van der Waals surface area contributed by atoms with Gasteiger partial charge in [0.15, 0.2) is 0 Å². The maximum Gasteiger partial charge on any atom is 0.0417 e. The molecular formula is C14H20ClNS. The monoisotopic (exact) mass is 269 g/mol. The first-order valence-corrected chi connectivity index (χ1v) is 7.42. The first-order valence-electron chi connectivity index (χ1n) is 6.17. The van der Waals surface area contributed by atoms with E-state index in [4.69, 9.17) is 17.3 Å². The predicted octanol–water partition coefficient (Wildman–Crippen LogP) is 4.34. The van der Waals surface area contributed by atoms with Gasteiger partial charge in [-0.3, -0.25) is 0 Å². The van der Waals surface area contributed by atoms with Crippen molar-refractivity contribution in [3.8, 4) is 0 Å². The number of halogens is 1. The van der Waals surface area contributed by atoms with Crippen molar-refractivity contribution in [2.45, 2.75) is 49.3 Å². The molecule has 2 atom stereocenters. The zero-order valence-corrected chi connectivity index (χ0v) is 12.0. The minimum Gasteiger partial charge on any atom is -0.326 e. The third kappa shape index (κ3) is 3.18. The number of hydrogen-bond acceptors (Lipinski definition) is 2. The number of benzene rings is 1. The van der Waals surface area contributed by atoms with Crippen molar-refractivity contribution in [2.24, 2.45) is 11.1 Å². The Balaban J connectivity index is 2.08. The van der Waals surface area contributed by atoms with E-state index in [0.29, 0.717) is 5.25 Å². The molecule has 1 aliphatic carbocycles. The summed E-state index contributed by atoms with van der Waals surface area (Å²) in [5, 5.41) is 1.32. The molecule has 1 nitrogen and oxygen atoms in total. The molecule has 0 aromatic heterocycles. The van der Waals surface area contributed by atoms with Gasteiger partial charge in [-0.1, -0.05) is 37.9 Å². The largest absolute Gasteiger partial charge is 0.326 e. The van der Waals surface area contributed by atoms with E-state index >= 15 is 0 Å². The van der Waals surface area contributed by atoms with Crippen molar-refractivity contribution in [3.63, 3.8) is 0 Å². The minimum absolute atomic E-state index is 0.258. The van der Waals surface area contributed by atoms with Gasteiger partial charge in [-0.05, 0) is 36.5 Å². The molecule has 0 saturated heterocycles. The maximum absolute atomic E-state index is 6.39. The first kappa shape index (κ1) is 13.3. The van der Waals surface area contributed by atoms with Crippen molar-refractivity contribution >= 4 is 23.4 Å². The molecule has 94 valence electrons. The van der Waals surface area contributed by atoms with Gasteiger partial charge in [-0.2, -0.15) is 0 Å². The second-order valence-corrected chi connectivity index (χ2v) is 7.27. The Morgan fingerprint density at radius 1 is 1.41 bits per heavy atom. The fourth-order valence-corrected chi connectivity index (χ4v) is 4.21. The molecular weight excluding hydrogens is 250 g/mol. The van der Waals surface area contributed by atoms with Crippen molar-refractivity contribution in [2.75, 3.05) is 0 Å². The van der Waals surface area contributed by atoms with E-state index in [-0.39, 0.29) is 11.5 Å². The van der Waals surface area contributed by atoms with Crippen molar-refractivity contribution < 1.29 is 0 Å². The average molecular weight is 270 g/mol. The van der Waals surface area contributed by atoms with E-state index in [0.717, 1.165) is 5.02 Å². The highest BCUT2D eigenvalue weighted by Crippen LogP contribution is 2.41. The van der Waals surface area contributed by atoms with E-state index < -0.39 is 0 Å². The third-order valence-corrected chi connectivity index (χ3v) is 5.29. The molecule has 2 unspecified atom stereocenters. The summed E-state index contributed by atoms with van der Waals surface area (Å²) in [7, 11) is 0. The molecule has 0 heterocycles. The zero-order valence-electron chi connectivity index (χ0n) is 10.4. The Morgan fingerprint density at radius 3 is 2.88 bits per heavy atom. The summed E-state index contributed by atoms with van der Waals surface area (Å²) < 4.78 is 0. The van der Waals surface area contributed by atoms with Crippen LogP contribution < -0.4 is 5.73 Å². The summed E-state index contributed by atoms with van der Waals surface area (Å²) in [5.41, 5.74) is 6.65. The van der Waals surface area contributed by atoms with Gasteiger partial charge in [0.05, 0.1) is 0 Å². The van der Waals surface area contributed by atoms with Crippen LogP contribution in [0, 0.1) is 5.41 Å². The SMILES string of the molecule is CC1(C)CCCC(Sc2cccc(Cl)c2)C1N. The topological polar surface area (TPSA) is 26.0 Å². The number of nitrogens with two attached hydrogens (primary N) is 1. The lowest BCUT2D eigenvalue weighted by Gasteiger charge is -2.41. The highest BCUT2D eigenvalue weighted by molar-refractivity contribution is 8.00. The second kappa shape index (κ2) is 5.21. The Labute approximate surface area is 113 Å². The van der Waals surface area contributed by atoms with Gasteiger partial charge in [0.1, 0.15) is 0 Å². The van der Waals surface area contributed by atoms with Crippen LogP contribution in [0.1, 0.15) is 33.1 Å². The maximum atomic E-state index is 6.39. The number of rotatable bonds is 2. The fourth-order valence-electron chi connectivity index (χ4n) is 2.46. The lowest BCUT2D eigenvalue weighted by molar-refractivity contribution is 0.208. The Bertz CT molecular complexity index is 392. The molecule has 1 fully saturated rings. The van der Waals surface area contributed by atoms with Crippen LogP contribution in [-0.4, -0.2) is 11.3 Å². The molecule has 2 N–H and O–H groups in total. The van der Waals surface area contributed by atoms with E-state index in [1.165, 1.54) is 24.2 Å². The molecule has 0 amide bonds. The molecule has 1 aromatic rings. The Hall–Kier alpha value is -0.180. The molecule has 0 aliphatic heterocycles. The van der Waals surface area contributed by atoms with Gasteiger partial charge in [0.2, 0.25) is 0 Å². The molecule has 0 radical (unpaired) electrons. The molecule has 2 rings (SSSR count). The van der Waals surface area contributed by atoms with Gasteiger partial charge in [-0.15, -0.1) is 11.8 Å². The molecule has 17 heavy (non-hydrogen) atoms. The summed E-state index contributed by atoms with van der Waals surface area (Å²) in [6.45, 7) is 4.56. The smallest absolute Gasteiger partial charge is 0.0417 e. The standard InChI is InChI=1S/C14H20ClNS/c1-14(2)8-4-7-12(13(14)16)17-11-6-3-5-10(15)9-11/h3,5-6,9,12-13H,4,7-8,16H2,1-2H3. The fraction of sp³-hybridized carbons (Fsp3) is 0.571. The van der Waals surface area contributed by atoms with Crippen LogP contribution in [-0.2, 0) is 0 Å². The summed E-state index contributed by atoms with van der Waals surface area (Å²) in [5.74, 6) is 0. The minimum atomic E-state index is 0.258. The molecule has 1 aliphatic rings. The van der Waals surface area contributed by atoms with Crippen LogP contribution in [0.15, 0.2) is 29.2 Å². The number of hydrogen-bond donors (Lipinski definition) is 1. The van der Waals surface area contributed by atoms with E-state index in [2.05, 4.69) is 19.9 Å². The predicted molar refractivity (Wildman–Crippen MR) is 76.7 cm³/mol. The lowest BCUT2D eigenvalue weighted by atomic mass is 9.73. The molecule has 1 aromatic carbocycles. The van der Waals surface area contributed by atoms with Gasteiger partial charge in [-0.25, -0.2) is 0 Å². The molecule has 3 heteroatoms. The van der Waals surface area contributed by atoms with E-state index in [1.807, 2.05) is 30.0 Å². The Morgan fingerprint density at radius 2 is 2.18 bits per heavy atom. The zero-order chi connectivity index (χ0) is 12.5. The lowest BCUT2D eigenvalue weighted by Crippen LogP contribution is -2.48. The van der Waals surface area contributed by atoms with Crippen LogP contribution >= 0.6 is 23.4 Å². The molecule has 0 spiro atoms. The summed E-state index contributed by atoms with van der Waals surface area (Å²) in [4.78, 5) is 1.23. The third-order valence-electron chi connectivity index (χ3n) is 3.70. The van der Waals surface area contributed by atoms with Crippen molar-refractivity contribution in [3.05, 3.63) is 29.3 Å². The highest BCUT2D eigenvalue weighted by Gasteiger charge is 2.36. The summed E-state index contributed by atoms with van der Waals surface area (Å²) in [6, 6.07) is 8.33. The quantitative estimate of drug-likeness (QED) is 0.864. The van der Waals surface area contributed by atoms with Gasteiger partial charge >= 0.3 is 0 Å². The molecule has 0 bridgehead atoms. The van der Waals surface area contributed by atoms with Crippen LogP contribution in [0.3, 0.4) is 0 Å². The average Bonchev–Trinajstić information content (AvgIpc) is 2.25. The second-order valence-electron chi connectivity index (χ2n) is 5.52. The van der Waals surface area contributed by atoms with Crippen LogP contribution in [0.4, 0.5) is 0 Å². The Kier molecular flexibility index (Phi) is 4.06. The van der Waals surface area contributed by atoms with Gasteiger partial charge in [0, 0.05) is 21.2 Å². The molecule has 1 saturated carbocycles. The van der Waals surface area contributed by atoms with E-state index in [1.54, 1.807) is 0 Å². The van der Waals surface area contributed by atoms with Crippen LogP contribution in [0.2, 0.25) is 5.02 Å². The number of thioether (sulfide) groups is 1. The summed E-state index contributed by atoms with van der Waals surface area (Å²) in [6.07, 6.45) is 3.72. The first-order chi connectivity index (χ1) is 7.99. The van der Waals surface area contributed by atoms with Crippen molar-refractivity contribution in [1.29, 1.82) is 0 Å². The van der Waals surface area contributed by atoms with Crippen LogP contribution in [0.25, 0.3) is 0 Å².